The molecule has 13 heteroatoms. The van der Waals surface area contributed by atoms with E-state index < -0.39 is 18.3 Å². The first kappa shape index (κ1) is 21.6. The first-order valence-electron chi connectivity index (χ1n) is 7.97. The lowest BCUT2D eigenvalue weighted by Gasteiger charge is -2.11. The van der Waals surface area contributed by atoms with Crippen molar-refractivity contribution in [1.29, 1.82) is 0 Å². The fourth-order valence-electron chi connectivity index (χ4n) is 2.29. The summed E-state index contributed by atoms with van der Waals surface area (Å²) in [6.45, 7) is 0.413. The average molecular weight is 454 g/mol. The number of thioether (sulfide) groups is 2. The average Bonchev–Trinajstić information content (AvgIpc) is 3.01. The molecule has 3 aromatic rings. The van der Waals surface area contributed by atoms with Crippen LogP contribution in [0.3, 0.4) is 0 Å². The summed E-state index contributed by atoms with van der Waals surface area (Å²) < 4.78 is 80.8. The summed E-state index contributed by atoms with van der Waals surface area (Å²) in [5.41, 5.74) is -3.52. The van der Waals surface area contributed by atoms with Crippen LogP contribution >= 0.6 is 23.5 Å². The zero-order chi connectivity index (χ0) is 21.2. The minimum Gasteiger partial charge on any atom is -0.482 e. The lowest BCUT2D eigenvalue weighted by molar-refractivity contribution is -0.153. The molecule has 0 N–H and O–H groups in total. The Labute approximate surface area is 168 Å². The summed E-state index contributed by atoms with van der Waals surface area (Å²) >= 11 is 0.972. The van der Waals surface area contributed by atoms with E-state index in [1.54, 1.807) is 0 Å². The lowest BCUT2D eigenvalue weighted by Crippen LogP contribution is -2.19. The largest absolute Gasteiger partial charge is 0.482 e. The highest BCUT2D eigenvalue weighted by Gasteiger charge is 2.30. The van der Waals surface area contributed by atoms with Gasteiger partial charge in [0.15, 0.2) is 6.61 Å². The maximum absolute atomic E-state index is 12.5. The molecule has 0 radical (unpaired) electrons. The van der Waals surface area contributed by atoms with E-state index in [0.29, 0.717) is 22.0 Å². The normalized spacial score (nSPS) is 12.5. The fraction of sp³-hybridized carbons (Fsp3) is 0.312. The number of fused-ring (bicyclic) bond motifs is 1. The number of halogens is 6. The van der Waals surface area contributed by atoms with Gasteiger partial charge in [0, 0.05) is 28.9 Å². The SMILES string of the molecule is CCSc1cc(OCC(F)(F)F)cnc1-c1cn2cnc(SC(F)(F)F)cc2n1. The third-order valence-electron chi connectivity index (χ3n) is 3.32. The van der Waals surface area contributed by atoms with E-state index >= 15 is 0 Å². The Hall–Kier alpha value is -2.15. The topological polar surface area (TPSA) is 52.3 Å². The van der Waals surface area contributed by atoms with Crippen LogP contribution in [0.5, 0.6) is 5.75 Å². The van der Waals surface area contributed by atoms with Gasteiger partial charge in [0.1, 0.15) is 34.1 Å². The van der Waals surface area contributed by atoms with Crippen molar-refractivity contribution in [3.8, 4) is 17.1 Å². The quantitative estimate of drug-likeness (QED) is 0.280. The Kier molecular flexibility index (Phi) is 6.17. The van der Waals surface area contributed by atoms with Gasteiger partial charge in [-0.2, -0.15) is 26.3 Å². The molecule has 156 valence electrons. The Balaban J connectivity index is 1.92. The highest BCUT2D eigenvalue weighted by Crippen LogP contribution is 2.36. The zero-order valence-electron chi connectivity index (χ0n) is 14.6. The van der Waals surface area contributed by atoms with Gasteiger partial charge in [-0.15, -0.1) is 11.8 Å². The summed E-state index contributed by atoms with van der Waals surface area (Å²) in [6.07, 6.45) is -0.596. The van der Waals surface area contributed by atoms with Crippen LogP contribution in [-0.2, 0) is 0 Å². The summed E-state index contributed by atoms with van der Waals surface area (Å²) in [5, 5.41) is -0.255. The minimum atomic E-state index is -4.47. The molecule has 3 heterocycles. The number of hydrogen-bond donors (Lipinski definition) is 0. The van der Waals surface area contributed by atoms with Crippen LogP contribution in [0.2, 0.25) is 0 Å². The maximum atomic E-state index is 12.5. The van der Waals surface area contributed by atoms with Gasteiger partial charge < -0.3 is 4.74 Å². The molecule has 0 saturated carbocycles. The number of alkyl halides is 6. The van der Waals surface area contributed by atoms with Crippen LogP contribution in [0, 0.1) is 0 Å². The molecule has 0 aliphatic rings. The molecular formula is C16H12F6N4OS2. The van der Waals surface area contributed by atoms with Crippen molar-refractivity contribution < 1.29 is 31.1 Å². The number of hydrogen-bond acceptors (Lipinski definition) is 6. The minimum absolute atomic E-state index is 0.0451. The molecule has 0 aliphatic heterocycles. The van der Waals surface area contributed by atoms with Crippen LogP contribution in [0.1, 0.15) is 6.92 Å². The van der Waals surface area contributed by atoms with Crippen molar-refractivity contribution in [3.63, 3.8) is 0 Å². The van der Waals surface area contributed by atoms with Gasteiger partial charge in [-0.05, 0) is 11.8 Å². The molecule has 0 fully saturated rings. The van der Waals surface area contributed by atoms with Crippen LogP contribution in [0.25, 0.3) is 17.0 Å². The molecule has 5 nitrogen and oxygen atoms in total. The summed E-state index contributed by atoms with van der Waals surface area (Å²) in [6, 6.07) is 2.62. The fourth-order valence-corrected chi connectivity index (χ4v) is 3.60. The van der Waals surface area contributed by atoms with Crippen molar-refractivity contribution in [2.45, 2.75) is 28.5 Å². The highest BCUT2D eigenvalue weighted by molar-refractivity contribution is 8.00. The number of nitrogens with zero attached hydrogens (tertiary/aromatic N) is 4. The molecule has 0 unspecified atom stereocenters. The van der Waals surface area contributed by atoms with E-state index in [2.05, 4.69) is 15.0 Å². The second-order valence-corrected chi connectivity index (χ2v) is 7.91. The van der Waals surface area contributed by atoms with Crippen LogP contribution in [0.4, 0.5) is 26.3 Å². The van der Waals surface area contributed by atoms with E-state index in [1.807, 2.05) is 6.92 Å². The Morgan fingerprint density at radius 2 is 1.86 bits per heavy atom. The van der Waals surface area contributed by atoms with Crippen LogP contribution in [0.15, 0.2) is 40.8 Å². The molecule has 0 bridgehead atoms. The third kappa shape index (κ3) is 5.92. The zero-order valence-corrected chi connectivity index (χ0v) is 16.2. The van der Waals surface area contributed by atoms with E-state index in [-0.39, 0.29) is 28.2 Å². The van der Waals surface area contributed by atoms with E-state index in [1.165, 1.54) is 40.8 Å². The Morgan fingerprint density at radius 3 is 2.52 bits per heavy atom. The molecule has 0 atom stereocenters. The predicted octanol–water partition coefficient (Wildman–Crippen LogP) is 5.46. The standard InChI is InChI=1S/C16H12F6N4OS2/c1-2-28-11-3-9(27-7-15(17,18)19)5-23-14(11)10-6-26-8-24-13(4-12(26)25-10)29-16(20,21)22/h3-6,8H,2,7H2,1H3. The third-order valence-corrected chi connectivity index (χ3v) is 4.89. The highest BCUT2D eigenvalue weighted by atomic mass is 32.2. The monoisotopic (exact) mass is 454 g/mol. The van der Waals surface area contributed by atoms with Gasteiger partial charge in [0.2, 0.25) is 0 Å². The van der Waals surface area contributed by atoms with Gasteiger partial charge in [-0.3, -0.25) is 4.40 Å². The number of imidazole rings is 1. The van der Waals surface area contributed by atoms with E-state index in [0.717, 1.165) is 6.20 Å². The molecule has 3 rings (SSSR count). The smallest absolute Gasteiger partial charge is 0.447 e. The predicted molar refractivity (Wildman–Crippen MR) is 96.1 cm³/mol. The first-order valence-corrected chi connectivity index (χ1v) is 9.77. The van der Waals surface area contributed by atoms with Crippen molar-refractivity contribution in [2.24, 2.45) is 0 Å². The van der Waals surface area contributed by atoms with E-state index in [9.17, 15) is 26.3 Å². The first-order chi connectivity index (χ1) is 13.5. The maximum Gasteiger partial charge on any atom is 0.447 e. The number of ether oxygens (including phenoxy) is 1. The van der Waals surface area contributed by atoms with Crippen molar-refractivity contribution >= 4 is 29.2 Å². The Bertz CT molecular complexity index is 1010. The molecule has 29 heavy (non-hydrogen) atoms. The summed E-state index contributed by atoms with van der Waals surface area (Å²) in [4.78, 5) is 12.7. The molecule has 0 spiro atoms. The number of rotatable bonds is 6. The van der Waals surface area contributed by atoms with Gasteiger partial charge in [0.05, 0.1) is 6.20 Å². The van der Waals surface area contributed by atoms with Crippen molar-refractivity contribution in [1.82, 2.24) is 19.4 Å². The van der Waals surface area contributed by atoms with Crippen molar-refractivity contribution in [3.05, 3.63) is 30.9 Å². The van der Waals surface area contributed by atoms with E-state index in [4.69, 9.17) is 4.74 Å². The van der Waals surface area contributed by atoms with Gasteiger partial charge >= 0.3 is 11.7 Å². The summed E-state index contributed by atoms with van der Waals surface area (Å²) in [7, 11) is 0. The number of aromatic nitrogens is 4. The van der Waals surface area contributed by atoms with Crippen molar-refractivity contribution in [2.75, 3.05) is 12.4 Å². The lowest BCUT2D eigenvalue weighted by atomic mass is 10.3. The molecular weight excluding hydrogens is 442 g/mol. The molecule has 0 saturated heterocycles. The second-order valence-electron chi connectivity index (χ2n) is 5.52. The van der Waals surface area contributed by atoms with Gasteiger partial charge in [0.25, 0.3) is 0 Å². The second kappa shape index (κ2) is 8.30. The van der Waals surface area contributed by atoms with Crippen LogP contribution < -0.4 is 4.74 Å². The molecule has 0 aliphatic carbocycles. The van der Waals surface area contributed by atoms with Gasteiger partial charge in [-0.1, -0.05) is 6.92 Å². The Morgan fingerprint density at radius 1 is 1.10 bits per heavy atom. The van der Waals surface area contributed by atoms with Gasteiger partial charge in [-0.25, -0.2) is 15.0 Å². The molecule has 0 aromatic carbocycles. The molecule has 0 amide bonds. The summed E-state index contributed by atoms with van der Waals surface area (Å²) in [5.74, 6) is 0.565. The molecule has 3 aromatic heterocycles. The number of pyridine rings is 1. The van der Waals surface area contributed by atoms with Crippen LogP contribution in [-0.4, -0.2) is 43.4 Å².